The number of hydrogen-bond donors (Lipinski definition) is 0. The van der Waals surface area contributed by atoms with Crippen molar-refractivity contribution in [1.29, 1.82) is 0 Å². The monoisotopic (exact) mass is 373 g/mol. The molecule has 2 heterocycles. The minimum atomic E-state index is 0.841. The van der Waals surface area contributed by atoms with Gasteiger partial charge in [-0.25, -0.2) is 0 Å². The maximum Gasteiger partial charge on any atom is 0.223 e. The molecule has 0 radical (unpaired) electrons. The Bertz CT molecular complexity index is 1100. The van der Waals surface area contributed by atoms with E-state index in [4.69, 9.17) is 0 Å². The highest BCUT2D eigenvalue weighted by Gasteiger charge is 2.30. The van der Waals surface area contributed by atoms with E-state index in [1.54, 1.807) is 0 Å². The normalized spacial score (nSPS) is 11.7. The van der Waals surface area contributed by atoms with Crippen LogP contribution >= 0.6 is 15.9 Å². The summed E-state index contributed by atoms with van der Waals surface area (Å²) in [5.74, 6) is 0. The number of rotatable bonds is 2. The molecule has 4 aromatic rings. The summed E-state index contributed by atoms with van der Waals surface area (Å²) >= 11 is 3.57. The van der Waals surface area contributed by atoms with Crippen LogP contribution in [-0.4, -0.2) is 4.98 Å². The molecule has 5 rings (SSSR count). The minimum absolute atomic E-state index is 0.841. The second kappa shape index (κ2) is 5.25. The summed E-state index contributed by atoms with van der Waals surface area (Å²) in [4.78, 5) is 4.66. The van der Waals surface area contributed by atoms with Crippen LogP contribution in [0.4, 0.5) is 0 Å². The van der Waals surface area contributed by atoms with Gasteiger partial charge in [0.2, 0.25) is 5.69 Å². The van der Waals surface area contributed by atoms with Gasteiger partial charge in [0, 0.05) is 27.9 Å². The lowest BCUT2D eigenvalue weighted by Crippen LogP contribution is -2.36. The summed E-state index contributed by atoms with van der Waals surface area (Å²) in [6, 6.07) is 21.3. The molecule has 24 heavy (non-hydrogen) atoms. The molecule has 2 aromatic heterocycles. The lowest BCUT2D eigenvalue weighted by molar-refractivity contribution is -0.676. The Morgan fingerprint density at radius 3 is 2.67 bits per heavy atom. The van der Waals surface area contributed by atoms with Crippen LogP contribution in [0.3, 0.4) is 0 Å². The second-order valence-electron chi connectivity index (χ2n) is 6.09. The summed E-state index contributed by atoms with van der Waals surface area (Å²) in [5.41, 5.74) is 6.15. The summed E-state index contributed by atoms with van der Waals surface area (Å²) in [7, 11) is 0. The van der Waals surface area contributed by atoms with Gasteiger partial charge < -0.3 is 0 Å². The molecular formula is C21H14BrN2+. The van der Waals surface area contributed by atoms with Gasteiger partial charge >= 0.3 is 0 Å². The molecule has 1 aliphatic carbocycles. The van der Waals surface area contributed by atoms with E-state index in [-0.39, 0.29) is 0 Å². The number of benzene rings is 2. The van der Waals surface area contributed by atoms with Crippen molar-refractivity contribution in [2.45, 2.75) is 6.54 Å². The van der Waals surface area contributed by atoms with Gasteiger partial charge in [0.1, 0.15) is 0 Å². The quantitative estimate of drug-likeness (QED) is 0.398. The third-order valence-electron chi connectivity index (χ3n) is 4.62. The zero-order chi connectivity index (χ0) is 16.1. The van der Waals surface area contributed by atoms with Crippen molar-refractivity contribution < 1.29 is 4.57 Å². The minimum Gasteiger partial charge on any atom is -0.255 e. The van der Waals surface area contributed by atoms with E-state index in [0.29, 0.717) is 0 Å². The predicted molar refractivity (Wildman–Crippen MR) is 99.6 cm³/mol. The highest BCUT2D eigenvalue weighted by atomic mass is 79.9. The Hall–Kier alpha value is -2.52. The Morgan fingerprint density at radius 2 is 1.79 bits per heavy atom. The standard InChI is InChI=1S/C21H14BrN2/c22-16-5-3-4-14(12-16)13-24-11-9-15-8-10-23-20-17-6-1-2-7-18(17)21(24)19(15)20/h1-12H,13H2/q+1. The van der Waals surface area contributed by atoms with Crippen molar-refractivity contribution in [3.63, 3.8) is 0 Å². The first-order valence-corrected chi connectivity index (χ1v) is 8.76. The first-order chi connectivity index (χ1) is 11.8. The second-order valence-corrected chi connectivity index (χ2v) is 7.01. The van der Waals surface area contributed by atoms with Gasteiger partial charge in [0.15, 0.2) is 12.7 Å². The SMILES string of the molecule is Brc1cccc(C[n+]2ccc3ccnc4c3c2-c2ccccc2-4)c1. The summed E-state index contributed by atoms with van der Waals surface area (Å²) < 4.78 is 3.45. The third kappa shape index (κ3) is 2.01. The number of fused-ring (bicyclic) bond motifs is 3. The molecule has 114 valence electrons. The van der Waals surface area contributed by atoms with Crippen LogP contribution in [0.1, 0.15) is 5.56 Å². The maximum absolute atomic E-state index is 4.66. The highest BCUT2D eigenvalue weighted by molar-refractivity contribution is 9.10. The topological polar surface area (TPSA) is 16.8 Å². The number of nitrogens with zero attached hydrogens (tertiary/aromatic N) is 2. The average molecular weight is 374 g/mol. The molecule has 2 nitrogen and oxygen atoms in total. The zero-order valence-electron chi connectivity index (χ0n) is 12.9. The van der Waals surface area contributed by atoms with Gasteiger partial charge in [-0.2, -0.15) is 4.57 Å². The van der Waals surface area contributed by atoms with E-state index < -0.39 is 0 Å². The van der Waals surface area contributed by atoms with Crippen molar-refractivity contribution in [2.24, 2.45) is 0 Å². The summed E-state index contributed by atoms with van der Waals surface area (Å²) in [5, 5.41) is 2.51. The van der Waals surface area contributed by atoms with Gasteiger partial charge in [-0.05, 0) is 29.7 Å². The summed E-state index contributed by atoms with van der Waals surface area (Å²) in [6.07, 6.45) is 4.09. The molecule has 0 N–H and O–H groups in total. The van der Waals surface area contributed by atoms with Crippen LogP contribution < -0.4 is 4.57 Å². The maximum atomic E-state index is 4.66. The lowest BCUT2D eigenvalue weighted by Gasteiger charge is -2.05. The number of pyridine rings is 2. The smallest absolute Gasteiger partial charge is 0.223 e. The van der Waals surface area contributed by atoms with E-state index in [2.05, 4.69) is 92.3 Å². The van der Waals surface area contributed by atoms with Crippen LogP contribution in [0.2, 0.25) is 0 Å². The first-order valence-electron chi connectivity index (χ1n) is 7.97. The number of halogens is 1. The molecule has 0 saturated heterocycles. The molecule has 0 amide bonds. The van der Waals surface area contributed by atoms with Crippen molar-refractivity contribution in [3.05, 3.63) is 83.1 Å². The molecule has 0 atom stereocenters. The van der Waals surface area contributed by atoms with Crippen LogP contribution in [0.25, 0.3) is 33.3 Å². The molecule has 0 bridgehead atoms. The van der Waals surface area contributed by atoms with Crippen LogP contribution in [0, 0.1) is 0 Å². The summed E-state index contributed by atoms with van der Waals surface area (Å²) in [6.45, 7) is 0.841. The fourth-order valence-electron chi connectivity index (χ4n) is 3.61. The van der Waals surface area contributed by atoms with Crippen LogP contribution in [0.15, 0.2) is 77.5 Å². The Labute approximate surface area is 148 Å². The molecule has 1 aliphatic rings. The number of hydrogen-bond acceptors (Lipinski definition) is 1. The van der Waals surface area contributed by atoms with Crippen LogP contribution in [0.5, 0.6) is 0 Å². The Balaban J connectivity index is 1.78. The fourth-order valence-corrected chi connectivity index (χ4v) is 4.05. The van der Waals surface area contributed by atoms with Crippen molar-refractivity contribution in [1.82, 2.24) is 4.98 Å². The highest BCUT2D eigenvalue weighted by Crippen LogP contribution is 2.43. The lowest BCUT2D eigenvalue weighted by atomic mass is 10.1. The van der Waals surface area contributed by atoms with Gasteiger partial charge in [-0.1, -0.05) is 46.3 Å². The van der Waals surface area contributed by atoms with Crippen molar-refractivity contribution in [3.8, 4) is 22.5 Å². The van der Waals surface area contributed by atoms with Crippen molar-refractivity contribution in [2.75, 3.05) is 0 Å². The molecular weight excluding hydrogens is 360 g/mol. The molecule has 0 spiro atoms. The third-order valence-corrected chi connectivity index (χ3v) is 5.11. The zero-order valence-corrected chi connectivity index (χ0v) is 14.5. The van der Waals surface area contributed by atoms with E-state index in [0.717, 1.165) is 16.7 Å². The van der Waals surface area contributed by atoms with E-state index in [1.807, 2.05) is 6.20 Å². The van der Waals surface area contributed by atoms with E-state index in [9.17, 15) is 0 Å². The number of aromatic nitrogens is 2. The largest absolute Gasteiger partial charge is 0.255 e. The Morgan fingerprint density at radius 1 is 0.917 bits per heavy atom. The van der Waals surface area contributed by atoms with Gasteiger partial charge in [0.05, 0.1) is 16.6 Å². The predicted octanol–water partition coefficient (Wildman–Crippen LogP) is 4.98. The van der Waals surface area contributed by atoms with E-state index in [1.165, 1.54) is 33.2 Å². The van der Waals surface area contributed by atoms with Crippen molar-refractivity contribution >= 4 is 26.7 Å². The molecule has 0 aliphatic heterocycles. The first kappa shape index (κ1) is 13.9. The molecule has 0 fully saturated rings. The van der Waals surface area contributed by atoms with Gasteiger partial charge in [0.25, 0.3) is 0 Å². The molecule has 0 saturated carbocycles. The van der Waals surface area contributed by atoms with Crippen LogP contribution in [-0.2, 0) is 6.54 Å². The fraction of sp³-hybridized carbons (Fsp3) is 0.0476. The van der Waals surface area contributed by atoms with Gasteiger partial charge in [-0.15, -0.1) is 0 Å². The average Bonchev–Trinajstić information content (AvgIpc) is 2.94. The van der Waals surface area contributed by atoms with Gasteiger partial charge in [-0.3, -0.25) is 4.98 Å². The molecule has 0 unspecified atom stereocenters. The van der Waals surface area contributed by atoms with E-state index >= 15 is 0 Å². The molecule has 3 heteroatoms. The molecule has 2 aromatic carbocycles. The Kier molecular flexibility index (Phi) is 3.03.